The van der Waals surface area contributed by atoms with Gasteiger partial charge in [0.15, 0.2) is 0 Å². The van der Waals surface area contributed by atoms with Crippen LogP contribution in [0.2, 0.25) is 0 Å². The smallest absolute Gasteiger partial charge is 0.243 e. The highest BCUT2D eigenvalue weighted by atomic mass is 32.2. The van der Waals surface area contributed by atoms with Crippen molar-refractivity contribution in [1.29, 1.82) is 0 Å². The molecule has 1 aliphatic heterocycles. The van der Waals surface area contributed by atoms with Gasteiger partial charge in [0.25, 0.3) is 0 Å². The van der Waals surface area contributed by atoms with Crippen molar-refractivity contribution in [3.8, 4) is 0 Å². The van der Waals surface area contributed by atoms with Crippen molar-refractivity contribution in [3.05, 3.63) is 0 Å². The summed E-state index contributed by atoms with van der Waals surface area (Å²) in [6, 6.07) is -0.434. The average molecular weight is 315 g/mol. The minimum Gasteiger partial charge on any atom is -0.354 e. The normalized spacial score (nSPS) is 18.5. The molecule has 0 bridgehead atoms. The van der Waals surface area contributed by atoms with Crippen LogP contribution in [0.5, 0.6) is 0 Å². The number of carbonyl (C=O) groups excluding carboxylic acids is 3. The van der Waals surface area contributed by atoms with Crippen LogP contribution < -0.4 is 5.32 Å². The monoisotopic (exact) mass is 315 g/mol. The van der Waals surface area contributed by atoms with Crippen molar-refractivity contribution in [2.45, 2.75) is 33.2 Å². The molecule has 1 heterocycles. The van der Waals surface area contributed by atoms with Gasteiger partial charge < -0.3 is 15.1 Å². The molecule has 1 rings (SSSR count). The molecule has 1 atom stereocenters. The summed E-state index contributed by atoms with van der Waals surface area (Å²) in [5, 5.41) is 2.75. The first-order chi connectivity index (χ1) is 9.64. The van der Waals surface area contributed by atoms with Crippen LogP contribution in [0.4, 0.5) is 0 Å². The molecule has 6 nitrogen and oxygen atoms in total. The predicted molar refractivity (Wildman–Crippen MR) is 83.7 cm³/mol. The van der Waals surface area contributed by atoms with Gasteiger partial charge >= 0.3 is 0 Å². The van der Waals surface area contributed by atoms with Crippen LogP contribution in [-0.4, -0.2) is 65.8 Å². The molecule has 0 aromatic carbocycles. The molecule has 0 spiro atoms. The minimum atomic E-state index is -0.496. The minimum absolute atomic E-state index is 0.0167. The number of thioether (sulfide) groups is 1. The van der Waals surface area contributed by atoms with Crippen LogP contribution in [0, 0.1) is 5.41 Å². The Hall–Kier alpha value is -1.24. The molecule has 1 N–H and O–H groups in total. The number of nitrogens with one attached hydrogen (secondary N) is 1. The van der Waals surface area contributed by atoms with E-state index in [1.165, 1.54) is 4.90 Å². The second-order valence-corrected chi connectivity index (χ2v) is 7.37. The van der Waals surface area contributed by atoms with Crippen LogP contribution in [0.3, 0.4) is 0 Å². The molecule has 0 saturated carbocycles. The SMILES string of the molecule is CN(C)C(=O)CCNC(=O)C1CSCN1C(=O)C(C)(C)C. The Labute approximate surface area is 130 Å². The zero-order valence-electron chi connectivity index (χ0n) is 13.4. The van der Waals surface area contributed by atoms with Gasteiger partial charge in [-0.1, -0.05) is 20.8 Å². The quantitative estimate of drug-likeness (QED) is 0.821. The van der Waals surface area contributed by atoms with Crippen LogP contribution >= 0.6 is 11.8 Å². The van der Waals surface area contributed by atoms with E-state index in [4.69, 9.17) is 0 Å². The highest BCUT2D eigenvalue weighted by Crippen LogP contribution is 2.27. The molecule has 0 aromatic rings. The summed E-state index contributed by atoms with van der Waals surface area (Å²) in [6.07, 6.45) is 0.270. The first kappa shape index (κ1) is 17.8. The predicted octanol–water partition coefficient (Wildman–Crippen LogP) is 0.529. The lowest BCUT2D eigenvalue weighted by Gasteiger charge is -2.29. The topological polar surface area (TPSA) is 69.7 Å². The molecule has 0 radical (unpaired) electrons. The highest BCUT2D eigenvalue weighted by Gasteiger charge is 2.38. The number of rotatable bonds is 4. The van der Waals surface area contributed by atoms with Gasteiger partial charge in [-0.05, 0) is 0 Å². The Morgan fingerprint density at radius 1 is 1.29 bits per heavy atom. The molecule has 7 heteroatoms. The van der Waals surface area contributed by atoms with Gasteiger partial charge in [-0.3, -0.25) is 14.4 Å². The van der Waals surface area contributed by atoms with E-state index in [1.807, 2.05) is 20.8 Å². The summed E-state index contributed by atoms with van der Waals surface area (Å²) in [4.78, 5) is 39.1. The number of hydrogen-bond donors (Lipinski definition) is 1. The summed E-state index contributed by atoms with van der Waals surface area (Å²) in [7, 11) is 3.36. The van der Waals surface area contributed by atoms with Crippen LogP contribution in [0.15, 0.2) is 0 Å². The van der Waals surface area contributed by atoms with Gasteiger partial charge in [-0.2, -0.15) is 0 Å². The van der Waals surface area contributed by atoms with Crippen molar-refractivity contribution >= 4 is 29.5 Å². The van der Waals surface area contributed by atoms with Crippen molar-refractivity contribution in [3.63, 3.8) is 0 Å². The lowest BCUT2D eigenvalue weighted by Crippen LogP contribution is -2.50. The molecule has 0 aliphatic carbocycles. The third-order valence-corrected chi connectivity index (χ3v) is 4.24. The Bertz CT molecular complexity index is 418. The van der Waals surface area contributed by atoms with Crippen molar-refractivity contribution in [2.24, 2.45) is 5.41 Å². The Morgan fingerprint density at radius 2 is 1.90 bits per heavy atom. The zero-order valence-corrected chi connectivity index (χ0v) is 14.2. The first-order valence-electron chi connectivity index (χ1n) is 7.01. The maximum absolute atomic E-state index is 12.3. The molecule has 1 fully saturated rings. The number of carbonyl (C=O) groups is 3. The molecule has 0 aromatic heterocycles. The molecule has 3 amide bonds. The molecular weight excluding hydrogens is 290 g/mol. The summed E-state index contributed by atoms with van der Waals surface area (Å²) >= 11 is 1.58. The van der Waals surface area contributed by atoms with Gasteiger partial charge in [0.2, 0.25) is 17.7 Å². The van der Waals surface area contributed by atoms with Crippen LogP contribution in [0.25, 0.3) is 0 Å². The Kier molecular flexibility index (Phi) is 6.07. The fourth-order valence-electron chi connectivity index (χ4n) is 1.92. The lowest BCUT2D eigenvalue weighted by molar-refractivity contribution is -0.144. The molecule has 1 aliphatic rings. The second-order valence-electron chi connectivity index (χ2n) is 6.37. The Balaban J connectivity index is 2.53. The fraction of sp³-hybridized carbons (Fsp3) is 0.786. The summed E-state index contributed by atoms with van der Waals surface area (Å²) < 4.78 is 0. The van der Waals surface area contributed by atoms with E-state index in [0.717, 1.165) is 0 Å². The van der Waals surface area contributed by atoms with E-state index in [0.29, 0.717) is 18.2 Å². The molecular formula is C14H25N3O3S. The van der Waals surface area contributed by atoms with Crippen LogP contribution in [0.1, 0.15) is 27.2 Å². The van der Waals surface area contributed by atoms with Gasteiger partial charge in [0.1, 0.15) is 6.04 Å². The fourth-order valence-corrected chi connectivity index (χ4v) is 3.08. The molecule has 1 saturated heterocycles. The third-order valence-electron chi connectivity index (χ3n) is 3.22. The maximum atomic E-state index is 12.3. The first-order valence-corrected chi connectivity index (χ1v) is 8.16. The van der Waals surface area contributed by atoms with E-state index in [1.54, 1.807) is 30.8 Å². The molecule has 1 unspecified atom stereocenters. The van der Waals surface area contributed by atoms with Gasteiger partial charge in [0.05, 0.1) is 5.88 Å². The summed E-state index contributed by atoms with van der Waals surface area (Å²) in [5.41, 5.74) is -0.496. The second kappa shape index (κ2) is 7.15. The number of amides is 3. The van der Waals surface area contributed by atoms with Crippen molar-refractivity contribution in [1.82, 2.24) is 15.1 Å². The van der Waals surface area contributed by atoms with Crippen molar-refractivity contribution < 1.29 is 14.4 Å². The summed E-state index contributed by atoms with van der Waals surface area (Å²) in [6.45, 7) is 5.85. The highest BCUT2D eigenvalue weighted by molar-refractivity contribution is 7.99. The summed E-state index contributed by atoms with van der Waals surface area (Å²) in [5.74, 6) is 0.931. The van der Waals surface area contributed by atoms with E-state index >= 15 is 0 Å². The van der Waals surface area contributed by atoms with E-state index in [2.05, 4.69) is 5.32 Å². The number of nitrogens with zero attached hydrogens (tertiary/aromatic N) is 2. The molecule has 21 heavy (non-hydrogen) atoms. The van der Waals surface area contributed by atoms with Gasteiger partial charge in [0, 0.05) is 38.2 Å². The van der Waals surface area contributed by atoms with E-state index in [9.17, 15) is 14.4 Å². The largest absolute Gasteiger partial charge is 0.354 e. The number of hydrogen-bond acceptors (Lipinski definition) is 4. The molecule has 120 valence electrons. The third kappa shape index (κ3) is 4.91. The van der Waals surface area contributed by atoms with E-state index < -0.39 is 11.5 Å². The maximum Gasteiger partial charge on any atom is 0.243 e. The van der Waals surface area contributed by atoms with Gasteiger partial charge in [-0.15, -0.1) is 11.8 Å². The standard InChI is InChI=1S/C14H25N3O3S/c1-14(2,3)13(20)17-9-21-8-10(17)12(19)15-7-6-11(18)16(4)5/h10H,6-9H2,1-5H3,(H,15,19). The Morgan fingerprint density at radius 3 is 2.43 bits per heavy atom. The lowest BCUT2D eigenvalue weighted by atomic mass is 9.94. The van der Waals surface area contributed by atoms with Crippen molar-refractivity contribution in [2.75, 3.05) is 32.3 Å². The average Bonchev–Trinajstić information content (AvgIpc) is 2.85. The van der Waals surface area contributed by atoms with Gasteiger partial charge in [-0.25, -0.2) is 0 Å². The zero-order chi connectivity index (χ0) is 16.2. The van der Waals surface area contributed by atoms with Crippen LogP contribution in [-0.2, 0) is 14.4 Å². The van der Waals surface area contributed by atoms with E-state index in [-0.39, 0.29) is 24.1 Å².